The molecule has 0 N–H and O–H groups in total. The standard InChI is InChI=1S/C2H4N2O5/c1-2(3(5)6)9-4(7)8/h2H,1H3. The predicted molar refractivity (Wildman–Crippen MR) is 24.5 cm³/mol. The lowest BCUT2D eigenvalue weighted by atomic mass is 10.7. The Morgan fingerprint density at radius 1 is 1.44 bits per heavy atom. The van der Waals surface area contributed by atoms with Crippen LogP contribution in [-0.2, 0) is 4.84 Å². The van der Waals surface area contributed by atoms with Gasteiger partial charge in [-0.15, -0.1) is 10.1 Å². The van der Waals surface area contributed by atoms with E-state index in [2.05, 4.69) is 4.84 Å². The Kier molecular flexibility index (Phi) is 2.36. The molecule has 0 rings (SSSR count). The summed E-state index contributed by atoms with van der Waals surface area (Å²) in [6, 6.07) is 0. The summed E-state index contributed by atoms with van der Waals surface area (Å²) in [5.41, 5.74) is 0. The van der Waals surface area contributed by atoms with Gasteiger partial charge in [0.25, 0.3) is 0 Å². The molecule has 0 heterocycles. The number of hydrogen-bond acceptors (Lipinski definition) is 5. The first-order valence-corrected chi connectivity index (χ1v) is 1.98. The second-order valence-electron chi connectivity index (χ2n) is 1.21. The lowest BCUT2D eigenvalue weighted by molar-refractivity contribution is -0.823. The maximum Gasteiger partial charge on any atom is 0.352 e. The van der Waals surface area contributed by atoms with Gasteiger partial charge in [0.2, 0.25) is 0 Å². The minimum Gasteiger partial charge on any atom is -0.262 e. The monoisotopic (exact) mass is 136 g/mol. The summed E-state index contributed by atoms with van der Waals surface area (Å²) in [6.07, 6.45) is -1.58. The van der Waals surface area contributed by atoms with Crippen LogP contribution in [0.3, 0.4) is 0 Å². The second kappa shape index (κ2) is 2.80. The molecule has 7 heteroatoms. The SMILES string of the molecule is CC(O[N+](=O)[O-])[N+](=O)[O-]. The zero-order valence-corrected chi connectivity index (χ0v) is 4.51. The van der Waals surface area contributed by atoms with E-state index in [-0.39, 0.29) is 0 Å². The van der Waals surface area contributed by atoms with Crippen molar-refractivity contribution in [2.45, 2.75) is 13.2 Å². The molecule has 52 valence electrons. The summed E-state index contributed by atoms with van der Waals surface area (Å²) in [4.78, 5) is 21.6. The van der Waals surface area contributed by atoms with E-state index in [1.165, 1.54) is 0 Å². The smallest absolute Gasteiger partial charge is 0.262 e. The molecule has 0 aliphatic heterocycles. The Bertz CT molecular complexity index is 133. The highest BCUT2D eigenvalue weighted by Gasteiger charge is 2.15. The van der Waals surface area contributed by atoms with Crippen molar-refractivity contribution in [3.05, 3.63) is 20.2 Å². The summed E-state index contributed by atoms with van der Waals surface area (Å²) in [7, 11) is 0. The van der Waals surface area contributed by atoms with E-state index in [9.17, 15) is 20.2 Å². The average molecular weight is 136 g/mol. The van der Waals surface area contributed by atoms with Crippen LogP contribution in [0.5, 0.6) is 0 Å². The summed E-state index contributed by atoms with van der Waals surface area (Å²) in [5, 5.41) is 17.8. The number of nitrogens with zero attached hydrogens (tertiary/aromatic N) is 2. The van der Waals surface area contributed by atoms with Crippen LogP contribution >= 0.6 is 0 Å². The fourth-order valence-corrected chi connectivity index (χ4v) is 0.163. The van der Waals surface area contributed by atoms with Gasteiger partial charge in [-0.25, -0.2) is 4.84 Å². The molecule has 0 radical (unpaired) electrons. The van der Waals surface area contributed by atoms with Crippen molar-refractivity contribution in [2.75, 3.05) is 0 Å². The van der Waals surface area contributed by atoms with Crippen LogP contribution in [0.25, 0.3) is 0 Å². The lowest BCUT2D eigenvalue weighted by Crippen LogP contribution is -2.21. The third-order valence-electron chi connectivity index (χ3n) is 0.536. The molecule has 0 aliphatic rings. The molecule has 1 atom stereocenters. The van der Waals surface area contributed by atoms with E-state index >= 15 is 0 Å². The minimum absolute atomic E-state index is 0.900. The van der Waals surface area contributed by atoms with Gasteiger partial charge in [0.1, 0.15) is 0 Å². The Morgan fingerprint density at radius 2 is 1.89 bits per heavy atom. The lowest BCUT2D eigenvalue weighted by Gasteiger charge is -1.97. The van der Waals surface area contributed by atoms with Gasteiger partial charge in [-0.2, -0.15) is 0 Å². The number of rotatable bonds is 3. The van der Waals surface area contributed by atoms with Crippen molar-refractivity contribution < 1.29 is 14.8 Å². The molecule has 0 bridgehead atoms. The first kappa shape index (κ1) is 7.60. The van der Waals surface area contributed by atoms with Crippen molar-refractivity contribution >= 4 is 0 Å². The van der Waals surface area contributed by atoms with E-state index in [1.807, 2.05) is 0 Å². The van der Waals surface area contributed by atoms with Crippen LogP contribution in [0.2, 0.25) is 0 Å². The molecule has 0 aromatic carbocycles. The second-order valence-corrected chi connectivity index (χ2v) is 1.21. The molecule has 0 aliphatic carbocycles. The Balaban J connectivity index is 3.63. The number of nitro groups is 1. The summed E-state index contributed by atoms with van der Waals surface area (Å²) in [5.74, 6) is 0. The van der Waals surface area contributed by atoms with Crippen LogP contribution in [0.15, 0.2) is 0 Å². The fraction of sp³-hybridized carbons (Fsp3) is 1.00. The van der Waals surface area contributed by atoms with Crippen molar-refractivity contribution in [3.8, 4) is 0 Å². The molecule has 0 aromatic rings. The van der Waals surface area contributed by atoms with Crippen LogP contribution in [-0.4, -0.2) is 16.2 Å². The molecule has 9 heavy (non-hydrogen) atoms. The maximum absolute atomic E-state index is 9.61. The highest BCUT2D eigenvalue weighted by molar-refractivity contribution is 4.19. The molecule has 0 saturated carbocycles. The van der Waals surface area contributed by atoms with Gasteiger partial charge >= 0.3 is 11.3 Å². The molecule has 1 unspecified atom stereocenters. The first-order valence-electron chi connectivity index (χ1n) is 1.98. The minimum atomic E-state index is -1.58. The van der Waals surface area contributed by atoms with E-state index in [4.69, 9.17) is 0 Å². The molecule has 0 amide bonds. The summed E-state index contributed by atoms with van der Waals surface area (Å²) >= 11 is 0. The van der Waals surface area contributed by atoms with E-state index in [0.29, 0.717) is 0 Å². The zero-order valence-electron chi connectivity index (χ0n) is 4.51. The van der Waals surface area contributed by atoms with E-state index in [1.54, 1.807) is 0 Å². The van der Waals surface area contributed by atoms with Crippen molar-refractivity contribution in [2.24, 2.45) is 0 Å². The predicted octanol–water partition coefficient (Wildman–Crippen LogP) is -0.183. The fourth-order valence-electron chi connectivity index (χ4n) is 0.163. The van der Waals surface area contributed by atoms with Crippen LogP contribution in [0.4, 0.5) is 0 Å². The third kappa shape index (κ3) is 3.21. The summed E-state index contributed by atoms with van der Waals surface area (Å²) in [6.45, 7) is 0.975. The largest absolute Gasteiger partial charge is 0.352 e. The highest BCUT2D eigenvalue weighted by Crippen LogP contribution is 1.89. The van der Waals surface area contributed by atoms with Crippen molar-refractivity contribution in [1.29, 1.82) is 0 Å². The molecule has 0 saturated heterocycles. The van der Waals surface area contributed by atoms with E-state index in [0.717, 1.165) is 6.92 Å². The molecular weight excluding hydrogens is 132 g/mol. The maximum atomic E-state index is 9.61. The van der Waals surface area contributed by atoms with Gasteiger partial charge in [0.05, 0.1) is 4.92 Å². The average Bonchev–Trinajstić information content (AvgIpc) is 1.63. The van der Waals surface area contributed by atoms with Crippen LogP contribution < -0.4 is 0 Å². The third-order valence-corrected chi connectivity index (χ3v) is 0.536. The molecular formula is C2H4N2O5. The topological polar surface area (TPSA) is 95.5 Å². The Morgan fingerprint density at radius 3 is 2.00 bits per heavy atom. The quantitative estimate of drug-likeness (QED) is 0.304. The van der Waals surface area contributed by atoms with Gasteiger partial charge in [0.15, 0.2) is 0 Å². The van der Waals surface area contributed by atoms with Crippen molar-refractivity contribution in [1.82, 2.24) is 0 Å². The van der Waals surface area contributed by atoms with E-state index < -0.39 is 16.2 Å². The number of hydrogen-bond donors (Lipinski definition) is 0. The molecule has 0 spiro atoms. The highest BCUT2D eigenvalue weighted by atomic mass is 17.0. The molecule has 0 fully saturated rings. The van der Waals surface area contributed by atoms with Crippen molar-refractivity contribution in [3.63, 3.8) is 0 Å². The van der Waals surface area contributed by atoms with Gasteiger partial charge in [-0.05, 0) is 0 Å². The van der Waals surface area contributed by atoms with Gasteiger partial charge in [-0.1, -0.05) is 0 Å². The van der Waals surface area contributed by atoms with Gasteiger partial charge in [0, 0.05) is 6.92 Å². The van der Waals surface area contributed by atoms with Crippen LogP contribution in [0, 0.1) is 20.2 Å². The molecule has 7 nitrogen and oxygen atoms in total. The normalized spacial score (nSPS) is 12.1. The first-order chi connectivity index (χ1) is 4.04. The Hall–Kier alpha value is -1.40. The zero-order chi connectivity index (χ0) is 7.44. The summed E-state index contributed by atoms with van der Waals surface area (Å²) < 4.78 is 0. The Labute approximate surface area is 49.5 Å². The van der Waals surface area contributed by atoms with Gasteiger partial charge < -0.3 is 0 Å². The van der Waals surface area contributed by atoms with Crippen LogP contribution in [0.1, 0.15) is 6.92 Å². The molecule has 0 aromatic heterocycles. The van der Waals surface area contributed by atoms with Gasteiger partial charge in [-0.3, -0.25) is 10.1 Å².